The van der Waals surface area contributed by atoms with Crippen LogP contribution >= 0.6 is 0 Å². The maximum atomic E-state index is 5.82. The zero-order chi connectivity index (χ0) is 9.59. The predicted molar refractivity (Wildman–Crippen MR) is 55.5 cm³/mol. The van der Waals surface area contributed by atoms with Gasteiger partial charge in [0.1, 0.15) is 0 Å². The van der Waals surface area contributed by atoms with Gasteiger partial charge in [-0.2, -0.15) is 0 Å². The summed E-state index contributed by atoms with van der Waals surface area (Å²) in [5, 5.41) is 0. The summed E-state index contributed by atoms with van der Waals surface area (Å²) in [5.41, 5.74) is 5.82. The summed E-state index contributed by atoms with van der Waals surface area (Å²) >= 11 is 0. The van der Waals surface area contributed by atoms with Gasteiger partial charge in [-0.25, -0.2) is 0 Å². The van der Waals surface area contributed by atoms with Crippen LogP contribution in [-0.4, -0.2) is 29.6 Å². The minimum atomic E-state index is 0.489. The fourth-order valence-corrected chi connectivity index (χ4v) is 2.82. The Bertz CT molecular complexity index is 187. The molecule has 2 N–H and O–H groups in total. The molecule has 0 bridgehead atoms. The van der Waals surface area contributed by atoms with E-state index < -0.39 is 0 Å². The quantitative estimate of drug-likeness (QED) is 0.665. The van der Waals surface area contributed by atoms with Gasteiger partial charge in [0.15, 0.2) is 0 Å². The van der Waals surface area contributed by atoms with Crippen LogP contribution in [0.3, 0.4) is 0 Å². The molecular weight excluding hydrogens is 160 g/mol. The van der Waals surface area contributed by atoms with Gasteiger partial charge in [0, 0.05) is 24.7 Å². The molecule has 1 aliphatic carbocycles. The molecule has 3 atom stereocenters. The van der Waals surface area contributed by atoms with Crippen molar-refractivity contribution in [3.05, 3.63) is 0 Å². The lowest BCUT2D eigenvalue weighted by molar-refractivity contribution is 0.0964. The van der Waals surface area contributed by atoms with E-state index in [2.05, 4.69) is 25.7 Å². The van der Waals surface area contributed by atoms with Crippen molar-refractivity contribution >= 4 is 0 Å². The van der Waals surface area contributed by atoms with Crippen LogP contribution in [0.2, 0.25) is 0 Å². The van der Waals surface area contributed by atoms with Crippen LogP contribution < -0.4 is 5.73 Å². The molecule has 0 amide bonds. The van der Waals surface area contributed by atoms with Crippen molar-refractivity contribution in [1.82, 2.24) is 4.90 Å². The predicted octanol–water partition coefficient (Wildman–Crippen LogP) is 1.45. The number of hydrogen-bond acceptors (Lipinski definition) is 2. The Morgan fingerprint density at radius 1 is 1.15 bits per heavy atom. The Balaban J connectivity index is 1.94. The number of hydrogen-bond donors (Lipinski definition) is 1. The molecule has 0 aromatic rings. The Morgan fingerprint density at radius 2 is 1.77 bits per heavy atom. The summed E-state index contributed by atoms with van der Waals surface area (Å²) in [6.07, 6.45) is 2.45. The minimum Gasteiger partial charge on any atom is -0.328 e. The number of rotatable bonds is 1. The van der Waals surface area contributed by atoms with E-state index in [9.17, 15) is 0 Å². The molecule has 0 spiro atoms. The zero-order valence-corrected chi connectivity index (χ0v) is 9.03. The van der Waals surface area contributed by atoms with E-state index in [1.807, 2.05) is 0 Å². The molecule has 2 aliphatic rings. The fourth-order valence-electron chi connectivity index (χ4n) is 2.82. The second-order valence-electron chi connectivity index (χ2n) is 5.16. The third-order valence-electron chi connectivity index (χ3n) is 4.30. The van der Waals surface area contributed by atoms with E-state index in [0.29, 0.717) is 6.04 Å². The Hall–Kier alpha value is -0.0800. The van der Waals surface area contributed by atoms with Crippen molar-refractivity contribution < 1.29 is 0 Å². The van der Waals surface area contributed by atoms with Crippen molar-refractivity contribution in [3.63, 3.8) is 0 Å². The van der Waals surface area contributed by atoms with Gasteiger partial charge in [-0.05, 0) is 31.6 Å². The van der Waals surface area contributed by atoms with Gasteiger partial charge in [-0.15, -0.1) is 0 Å². The first-order valence-electron chi connectivity index (χ1n) is 5.61. The molecule has 0 aromatic heterocycles. The van der Waals surface area contributed by atoms with E-state index in [1.165, 1.54) is 19.4 Å². The number of nitrogens with zero attached hydrogens (tertiary/aromatic N) is 1. The summed E-state index contributed by atoms with van der Waals surface area (Å²) in [6.45, 7) is 8.42. The van der Waals surface area contributed by atoms with E-state index >= 15 is 0 Å². The normalized spacial score (nSPS) is 52.2. The first kappa shape index (κ1) is 9.47. The molecule has 2 heteroatoms. The first-order chi connectivity index (χ1) is 6.09. The number of likely N-dealkylation sites (tertiary alicyclic amines) is 1. The SMILES string of the molecule is CC1CN(C2CC(N)C2)C(C)C1C. The summed E-state index contributed by atoms with van der Waals surface area (Å²) in [6, 6.07) is 2.06. The summed E-state index contributed by atoms with van der Waals surface area (Å²) in [4.78, 5) is 2.68. The van der Waals surface area contributed by atoms with Crippen LogP contribution in [0, 0.1) is 11.8 Å². The lowest BCUT2D eigenvalue weighted by Gasteiger charge is -2.42. The van der Waals surface area contributed by atoms with Crippen LogP contribution in [0.1, 0.15) is 33.6 Å². The Kier molecular flexibility index (Phi) is 2.37. The van der Waals surface area contributed by atoms with Crippen LogP contribution in [0.15, 0.2) is 0 Å². The largest absolute Gasteiger partial charge is 0.328 e. The fraction of sp³-hybridized carbons (Fsp3) is 1.00. The summed E-state index contributed by atoms with van der Waals surface area (Å²) in [5.74, 6) is 1.73. The second-order valence-corrected chi connectivity index (χ2v) is 5.16. The summed E-state index contributed by atoms with van der Waals surface area (Å²) < 4.78 is 0. The molecule has 2 fully saturated rings. The molecule has 1 saturated heterocycles. The molecule has 0 aromatic carbocycles. The lowest BCUT2D eigenvalue weighted by Crippen LogP contribution is -2.52. The Morgan fingerprint density at radius 3 is 2.15 bits per heavy atom. The van der Waals surface area contributed by atoms with E-state index in [4.69, 9.17) is 5.73 Å². The zero-order valence-electron chi connectivity index (χ0n) is 9.03. The highest BCUT2D eigenvalue weighted by atomic mass is 15.2. The van der Waals surface area contributed by atoms with Crippen LogP contribution in [-0.2, 0) is 0 Å². The standard InChI is InChI=1S/C11H22N2/c1-7-6-13(9(3)8(7)2)11-4-10(12)5-11/h7-11H,4-6,12H2,1-3H3. The van der Waals surface area contributed by atoms with Crippen molar-refractivity contribution in [1.29, 1.82) is 0 Å². The van der Waals surface area contributed by atoms with Crippen LogP contribution in [0.5, 0.6) is 0 Å². The molecule has 13 heavy (non-hydrogen) atoms. The van der Waals surface area contributed by atoms with Gasteiger partial charge in [0.2, 0.25) is 0 Å². The van der Waals surface area contributed by atoms with E-state index in [0.717, 1.165) is 23.9 Å². The first-order valence-corrected chi connectivity index (χ1v) is 5.61. The van der Waals surface area contributed by atoms with Crippen molar-refractivity contribution in [2.75, 3.05) is 6.54 Å². The highest BCUT2D eigenvalue weighted by Gasteiger charge is 2.41. The highest BCUT2D eigenvalue weighted by molar-refractivity contribution is 4.97. The van der Waals surface area contributed by atoms with Crippen LogP contribution in [0.25, 0.3) is 0 Å². The summed E-state index contributed by atoms with van der Waals surface area (Å²) in [7, 11) is 0. The topological polar surface area (TPSA) is 29.3 Å². The molecule has 1 aliphatic heterocycles. The van der Waals surface area contributed by atoms with Gasteiger partial charge in [-0.3, -0.25) is 4.90 Å². The Labute approximate surface area is 81.5 Å². The van der Waals surface area contributed by atoms with E-state index in [-0.39, 0.29) is 0 Å². The van der Waals surface area contributed by atoms with Gasteiger partial charge >= 0.3 is 0 Å². The number of nitrogens with two attached hydrogens (primary N) is 1. The molecule has 3 unspecified atom stereocenters. The molecule has 2 nitrogen and oxygen atoms in total. The van der Waals surface area contributed by atoms with Gasteiger partial charge in [0.25, 0.3) is 0 Å². The average molecular weight is 182 g/mol. The van der Waals surface area contributed by atoms with Gasteiger partial charge in [0.05, 0.1) is 0 Å². The molecular formula is C11H22N2. The van der Waals surface area contributed by atoms with Crippen molar-refractivity contribution in [3.8, 4) is 0 Å². The van der Waals surface area contributed by atoms with Gasteiger partial charge < -0.3 is 5.73 Å². The van der Waals surface area contributed by atoms with Gasteiger partial charge in [-0.1, -0.05) is 13.8 Å². The third-order valence-corrected chi connectivity index (χ3v) is 4.30. The second kappa shape index (κ2) is 3.25. The molecule has 0 radical (unpaired) electrons. The molecule has 76 valence electrons. The van der Waals surface area contributed by atoms with Crippen LogP contribution in [0.4, 0.5) is 0 Å². The molecule has 2 rings (SSSR count). The van der Waals surface area contributed by atoms with Crippen molar-refractivity contribution in [2.45, 2.75) is 51.7 Å². The smallest absolute Gasteiger partial charge is 0.0128 e. The monoisotopic (exact) mass is 182 g/mol. The molecule has 1 saturated carbocycles. The highest BCUT2D eigenvalue weighted by Crippen LogP contribution is 2.36. The maximum Gasteiger partial charge on any atom is 0.0128 e. The molecule has 1 heterocycles. The maximum absolute atomic E-state index is 5.82. The van der Waals surface area contributed by atoms with Crippen molar-refractivity contribution in [2.24, 2.45) is 17.6 Å². The minimum absolute atomic E-state index is 0.489. The average Bonchev–Trinajstić information content (AvgIpc) is 2.27. The van der Waals surface area contributed by atoms with E-state index in [1.54, 1.807) is 0 Å². The third kappa shape index (κ3) is 1.50. The lowest BCUT2D eigenvalue weighted by atomic mass is 9.86.